The second-order valence-electron chi connectivity index (χ2n) is 3.81. The van der Waals surface area contributed by atoms with E-state index in [-0.39, 0.29) is 32.7 Å². The van der Waals surface area contributed by atoms with Gasteiger partial charge in [-0.15, -0.1) is 0 Å². The molecule has 0 aliphatic heterocycles. The van der Waals surface area contributed by atoms with Crippen LogP contribution in [0, 0.1) is 6.92 Å². The number of hydrogen-bond donors (Lipinski definition) is 0. The number of hydrogen-bond acceptors (Lipinski definition) is 2. The van der Waals surface area contributed by atoms with Crippen molar-refractivity contribution in [2.75, 3.05) is 0 Å². The van der Waals surface area contributed by atoms with Crippen molar-refractivity contribution in [3.05, 3.63) is 55.2 Å². The zero-order valence-corrected chi connectivity index (χ0v) is 12.3. The number of benzene rings is 1. The Hall–Kier alpha value is -0.856. The largest absolute Gasteiger partial charge is 0.339 e. The molecule has 0 aliphatic carbocycles. The molecule has 0 amide bonds. The minimum Gasteiger partial charge on any atom is -0.339 e. The van der Waals surface area contributed by atoms with Crippen molar-refractivity contribution in [3.63, 3.8) is 0 Å². The average molecular weight is 296 g/mol. The van der Waals surface area contributed by atoms with Crippen LogP contribution >= 0.6 is 0 Å². The summed E-state index contributed by atoms with van der Waals surface area (Å²) in [6.45, 7) is 3.87. The first-order chi connectivity index (χ1) is 7.88. The zero-order valence-electron chi connectivity index (χ0n) is 9.43. The molecule has 0 saturated heterocycles. The molecule has 3 aromatic rings. The normalized spacial score (nSPS) is 10.4. The first kappa shape index (κ1) is 12.6. The quantitative estimate of drug-likeness (QED) is 0.509. The second kappa shape index (κ2) is 5.20. The van der Waals surface area contributed by atoms with Crippen molar-refractivity contribution in [1.82, 2.24) is 9.97 Å². The summed E-state index contributed by atoms with van der Waals surface area (Å²) in [6, 6.07) is 10.3. The number of pyridine rings is 2. The molecule has 0 aliphatic rings. The van der Waals surface area contributed by atoms with Gasteiger partial charge in [0.25, 0.3) is 0 Å². The first-order valence-corrected chi connectivity index (χ1v) is 5.30. The van der Waals surface area contributed by atoms with Gasteiger partial charge >= 0.3 is 0 Å². The van der Waals surface area contributed by atoms with Gasteiger partial charge in [0.05, 0.1) is 11.0 Å². The molecule has 0 saturated carbocycles. The van der Waals surface area contributed by atoms with Gasteiger partial charge in [-0.3, -0.25) is 9.97 Å². The van der Waals surface area contributed by atoms with Gasteiger partial charge in [0, 0.05) is 55.9 Å². The Labute approximate surface area is 125 Å². The SMILES string of the molecule is [CH2-]Cc1cnc2c(ccc3cccnc32)c1.[Y]. The molecule has 3 heteroatoms. The van der Waals surface area contributed by atoms with Crippen LogP contribution in [-0.4, -0.2) is 9.97 Å². The standard InChI is InChI=1S/C14H11N2.Y/c1-2-10-8-12-6-5-11-4-3-7-15-13(11)14(12)16-9-10;/h3-9H,1-2H2;/q-1;. The molecule has 0 atom stereocenters. The average Bonchev–Trinajstić information content (AvgIpc) is 2.38. The summed E-state index contributed by atoms with van der Waals surface area (Å²) in [6.07, 6.45) is 4.45. The Morgan fingerprint density at radius 1 is 1.00 bits per heavy atom. The summed E-state index contributed by atoms with van der Waals surface area (Å²) in [5.41, 5.74) is 3.09. The predicted octanol–water partition coefficient (Wildman–Crippen LogP) is 3.16. The monoisotopic (exact) mass is 296 g/mol. The second-order valence-corrected chi connectivity index (χ2v) is 3.81. The van der Waals surface area contributed by atoms with Crippen molar-refractivity contribution >= 4 is 21.8 Å². The minimum absolute atomic E-state index is 0. The fraction of sp³-hybridized carbons (Fsp3) is 0.0714. The Kier molecular flexibility index (Phi) is 3.85. The van der Waals surface area contributed by atoms with E-state index < -0.39 is 0 Å². The summed E-state index contributed by atoms with van der Waals surface area (Å²) >= 11 is 0. The predicted molar refractivity (Wildman–Crippen MR) is 66.1 cm³/mol. The third-order valence-corrected chi connectivity index (χ3v) is 2.77. The molecule has 1 radical (unpaired) electrons. The van der Waals surface area contributed by atoms with E-state index in [1.165, 1.54) is 0 Å². The Balaban J connectivity index is 0.00000108. The van der Waals surface area contributed by atoms with Crippen LogP contribution in [0.4, 0.5) is 0 Å². The van der Waals surface area contributed by atoms with Gasteiger partial charge in [-0.05, 0) is 6.07 Å². The number of aromatic nitrogens is 2. The first-order valence-electron chi connectivity index (χ1n) is 5.30. The molecule has 2 nitrogen and oxygen atoms in total. The molecule has 0 unspecified atom stereocenters. The van der Waals surface area contributed by atoms with E-state index in [0.717, 1.165) is 33.8 Å². The number of fused-ring (bicyclic) bond motifs is 3. The molecule has 1 aromatic carbocycles. The summed E-state index contributed by atoms with van der Waals surface area (Å²) in [5.74, 6) is 0. The molecule has 3 rings (SSSR count). The molecular weight excluding hydrogens is 285 g/mol. The van der Waals surface area contributed by atoms with Gasteiger partial charge in [0.15, 0.2) is 0 Å². The molecule has 81 valence electrons. The summed E-state index contributed by atoms with van der Waals surface area (Å²) in [7, 11) is 0. The van der Waals surface area contributed by atoms with Gasteiger partial charge < -0.3 is 6.92 Å². The third kappa shape index (κ3) is 2.24. The van der Waals surface area contributed by atoms with Crippen LogP contribution in [0.15, 0.2) is 42.7 Å². The smallest absolute Gasteiger partial charge is 0.0964 e. The minimum atomic E-state index is 0. The van der Waals surface area contributed by atoms with Crippen LogP contribution in [0.1, 0.15) is 5.56 Å². The van der Waals surface area contributed by atoms with E-state index in [1.54, 1.807) is 6.20 Å². The Morgan fingerprint density at radius 3 is 2.59 bits per heavy atom. The van der Waals surface area contributed by atoms with Crippen molar-refractivity contribution in [2.45, 2.75) is 6.42 Å². The maximum atomic E-state index is 4.48. The molecular formula is C14H11N2Y-. The van der Waals surface area contributed by atoms with Crippen LogP contribution in [0.5, 0.6) is 0 Å². The van der Waals surface area contributed by atoms with Crippen molar-refractivity contribution < 1.29 is 32.7 Å². The van der Waals surface area contributed by atoms with Crippen LogP contribution < -0.4 is 0 Å². The van der Waals surface area contributed by atoms with E-state index >= 15 is 0 Å². The molecule has 17 heavy (non-hydrogen) atoms. The molecule has 0 fully saturated rings. The zero-order chi connectivity index (χ0) is 11.0. The molecule has 0 bridgehead atoms. The van der Waals surface area contributed by atoms with Gasteiger partial charge in [0.2, 0.25) is 0 Å². The van der Waals surface area contributed by atoms with Gasteiger partial charge in [-0.2, -0.15) is 6.42 Å². The van der Waals surface area contributed by atoms with Gasteiger partial charge in [-0.25, -0.2) is 0 Å². The van der Waals surface area contributed by atoms with Crippen molar-refractivity contribution in [1.29, 1.82) is 0 Å². The fourth-order valence-electron chi connectivity index (χ4n) is 1.92. The van der Waals surface area contributed by atoms with Crippen molar-refractivity contribution in [3.8, 4) is 0 Å². The number of nitrogens with zero attached hydrogens (tertiary/aromatic N) is 2. The van der Waals surface area contributed by atoms with Crippen molar-refractivity contribution in [2.24, 2.45) is 0 Å². The summed E-state index contributed by atoms with van der Waals surface area (Å²) in [4.78, 5) is 8.86. The molecule has 0 spiro atoms. The van der Waals surface area contributed by atoms with Gasteiger partial charge in [0.1, 0.15) is 0 Å². The fourth-order valence-corrected chi connectivity index (χ4v) is 1.92. The number of rotatable bonds is 1. The Bertz CT molecular complexity index is 664. The van der Waals surface area contributed by atoms with Crippen LogP contribution in [0.3, 0.4) is 0 Å². The van der Waals surface area contributed by atoms with Crippen LogP contribution in [0.25, 0.3) is 21.8 Å². The van der Waals surface area contributed by atoms with Gasteiger partial charge in [-0.1, -0.05) is 29.8 Å². The maximum absolute atomic E-state index is 4.48. The van der Waals surface area contributed by atoms with E-state index in [9.17, 15) is 0 Å². The van der Waals surface area contributed by atoms with Crippen LogP contribution in [-0.2, 0) is 39.1 Å². The van der Waals surface area contributed by atoms with E-state index in [1.807, 2.05) is 12.3 Å². The topological polar surface area (TPSA) is 25.8 Å². The van der Waals surface area contributed by atoms with E-state index in [4.69, 9.17) is 0 Å². The Morgan fingerprint density at radius 2 is 1.76 bits per heavy atom. The van der Waals surface area contributed by atoms with E-state index in [2.05, 4.69) is 41.2 Å². The third-order valence-electron chi connectivity index (χ3n) is 2.77. The maximum Gasteiger partial charge on any atom is 0.0964 e. The molecule has 2 heterocycles. The van der Waals surface area contributed by atoms with Crippen LogP contribution in [0.2, 0.25) is 0 Å². The molecule has 0 N–H and O–H groups in total. The van der Waals surface area contributed by atoms with E-state index in [0.29, 0.717) is 0 Å². The summed E-state index contributed by atoms with van der Waals surface area (Å²) in [5, 5.41) is 2.26. The molecule has 2 aromatic heterocycles. The summed E-state index contributed by atoms with van der Waals surface area (Å²) < 4.78 is 0.